The van der Waals surface area contributed by atoms with Crippen LogP contribution >= 0.6 is 0 Å². The summed E-state index contributed by atoms with van der Waals surface area (Å²) in [6.07, 6.45) is 1.48. The van der Waals surface area contributed by atoms with E-state index in [9.17, 15) is 13.2 Å². The van der Waals surface area contributed by atoms with Crippen LogP contribution in [0.3, 0.4) is 0 Å². The summed E-state index contributed by atoms with van der Waals surface area (Å²) < 4.78 is 37.6. The molecule has 0 unspecified atom stereocenters. The lowest BCUT2D eigenvalue weighted by Gasteiger charge is -2.30. The molecule has 1 aromatic heterocycles. The lowest BCUT2D eigenvalue weighted by atomic mass is 9.97. The first-order valence-electron chi connectivity index (χ1n) is 11.6. The zero-order valence-corrected chi connectivity index (χ0v) is 20.9. The highest BCUT2D eigenvalue weighted by atomic mass is 32.2. The molecule has 1 N–H and O–H groups in total. The Morgan fingerprint density at radius 3 is 2.34 bits per heavy atom. The molecule has 0 atom stereocenters. The minimum absolute atomic E-state index is 0.0982. The lowest BCUT2D eigenvalue weighted by molar-refractivity contribution is -0.120. The predicted octanol–water partition coefficient (Wildman–Crippen LogP) is 3.83. The van der Waals surface area contributed by atoms with E-state index in [4.69, 9.17) is 9.26 Å². The van der Waals surface area contributed by atoms with Crippen LogP contribution in [0.25, 0.3) is 0 Å². The van der Waals surface area contributed by atoms with Crippen molar-refractivity contribution in [3.63, 3.8) is 0 Å². The molecule has 186 valence electrons. The Balaban J connectivity index is 1.29. The number of nitrogens with one attached hydrogen (secondary N) is 1. The first kappa shape index (κ1) is 24.9. The number of benzene rings is 2. The van der Waals surface area contributed by atoms with Gasteiger partial charge in [0.2, 0.25) is 21.8 Å². The fraction of sp³-hybridized carbons (Fsp3) is 0.400. The van der Waals surface area contributed by atoms with Crippen molar-refractivity contribution in [2.75, 3.05) is 25.5 Å². The van der Waals surface area contributed by atoms with E-state index in [1.165, 1.54) is 11.4 Å². The molecule has 0 radical (unpaired) electrons. The maximum atomic E-state index is 12.9. The van der Waals surface area contributed by atoms with Gasteiger partial charge in [0.15, 0.2) is 5.82 Å². The number of sulfonamides is 1. The number of rotatable bonds is 8. The molecule has 0 saturated carbocycles. The van der Waals surface area contributed by atoms with Crippen LogP contribution in [0, 0.1) is 5.92 Å². The van der Waals surface area contributed by atoms with Crippen molar-refractivity contribution in [1.82, 2.24) is 14.4 Å². The normalized spacial score (nSPS) is 15.3. The van der Waals surface area contributed by atoms with E-state index in [2.05, 4.69) is 15.5 Å². The number of piperidine rings is 1. The molecule has 1 aliphatic heterocycles. The monoisotopic (exact) mass is 498 g/mol. The Bertz CT molecular complexity index is 1250. The van der Waals surface area contributed by atoms with E-state index < -0.39 is 10.0 Å². The van der Waals surface area contributed by atoms with Gasteiger partial charge in [-0.3, -0.25) is 4.79 Å². The van der Waals surface area contributed by atoms with Gasteiger partial charge in [-0.2, -0.15) is 9.29 Å². The first-order chi connectivity index (χ1) is 16.8. The number of hydrogen-bond acceptors (Lipinski definition) is 7. The Hall–Kier alpha value is -3.24. The molecule has 0 aliphatic carbocycles. The molecule has 2 heterocycles. The Morgan fingerprint density at radius 2 is 1.77 bits per heavy atom. The quantitative estimate of drug-likeness (QED) is 0.502. The molecule has 2 aromatic carbocycles. The van der Waals surface area contributed by atoms with Gasteiger partial charge in [-0.25, -0.2) is 8.42 Å². The van der Waals surface area contributed by atoms with Crippen LogP contribution < -0.4 is 10.1 Å². The fourth-order valence-corrected chi connectivity index (χ4v) is 5.43. The molecule has 0 bridgehead atoms. The summed E-state index contributed by atoms with van der Waals surface area (Å²) in [5, 5.41) is 6.96. The molecule has 1 saturated heterocycles. The van der Waals surface area contributed by atoms with Gasteiger partial charge < -0.3 is 14.6 Å². The van der Waals surface area contributed by atoms with Gasteiger partial charge in [0, 0.05) is 37.0 Å². The maximum absolute atomic E-state index is 12.9. The van der Waals surface area contributed by atoms with Crippen molar-refractivity contribution in [3.05, 3.63) is 65.8 Å². The number of carbonyl (C=O) groups excluding carboxylic acids is 1. The molecule has 1 fully saturated rings. The number of ether oxygens (including phenoxy) is 1. The Labute approximate surface area is 205 Å². The van der Waals surface area contributed by atoms with Crippen LogP contribution in [0.4, 0.5) is 5.69 Å². The number of methoxy groups -OCH3 is 1. The van der Waals surface area contributed by atoms with E-state index in [1.54, 1.807) is 24.3 Å². The van der Waals surface area contributed by atoms with Crippen molar-refractivity contribution in [2.45, 2.75) is 43.9 Å². The van der Waals surface area contributed by atoms with E-state index in [0.717, 1.165) is 5.56 Å². The number of aromatic nitrogens is 2. The van der Waals surface area contributed by atoms with Crippen LogP contribution in [-0.4, -0.2) is 49.0 Å². The van der Waals surface area contributed by atoms with E-state index in [-0.39, 0.29) is 22.6 Å². The smallest absolute Gasteiger partial charge is 0.243 e. The summed E-state index contributed by atoms with van der Waals surface area (Å²) in [7, 11) is -2.07. The molecule has 35 heavy (non-hydrogen) atoms. The Kier molecular flexibility index (Phi) is 7.51. The van der Waals surface area contributed by atoms with Crippen molar-refractivity contribution >= 4 is 21.6 Å². The highest BCUT2D eigenvalue weighted by Gasteiger charge is 2.32. The third-order valence-corrected chi connectivity index (χ3v) is 8.00. The summed E-state index contributed by atoms with van der Waals surface area (Å²) in [5.41, 5.74) is 1.71. The standard InChI is InChI=1S/C25H30N4O5S/c1-17(2)25-27-23(28-34-25)16-18-4-6-20(7-5-18)26-24(30)19-12-14-29(15-13-19)35(31,32)22-10-8-21(33-3)9-11-22/h4-11,17,19H,12-16H2,1-3H3,(H,26,30). The van der Waals surface area contributed by atoms with Crippen molar-refractivity contribution in [2.24, 2.45) is 5.92 Å². The predicted molar refractivity (Wildman–Crippen MR) is 131 cm³/mol. The molecule has 3 aromatic rings. The van der Waals surface area contributed by atoms with Gasteiger partial charge in [-0.1, -0.05) is 31.1 Å². The first-order valence-corrected chi connectivity index (χ1v) is 13.1. The minimum atomic E-state index is -3.60. The molecular formula is C25H30N4O5S. The number of amides is 1. The highest BCUT2D eigenvalue weighted by Crippen LogP contribution is 2.26. The third kappa shape index (κ3) is 5.88. The Morgan fingerprint density at radius 1 is 1.11 bits per heavy atom. The molecule has 10 heteroatoms. The second-order valence-corrected chi connectivity index (χ2v) is 10.9. The number of carbonyl (C=O) groups is 1. The molecule has 4 rings (SSSR count). The van der Waals surface area contributed by atoms with Crippen LogP contribution in [0.15, 0.2) is 57.9 Å². The zero-order valence-electron chi connectivity index (χ0n) is 20.1. The summed E-state index contributed by atoms with van der Waals surface area (Å²) in [6, 6.07) is 13.9. The van der Waals surface area contributed by atoms with Gasteiger partial charge in [0.1, 0.15) is 5.75 Å². The van der Waals surface area contributed by atoms with Crippen LogP contribution in [0.5, 0.6) is 5.75 Å². The lowest BCUT2D eigenvalue weighted by Crippen LogP contribution is -2.41. The van der Waals surface area contributed by atoms with Gasteiger partial charge in [-0.15, -0.1) is 0 Å². The summed E-state index contributed by atoms with van der Waals surface area (Å²) in [5.74, 6) is 1.68. The van der Waals surface area contributed by atoms with Gasteiger partial charge in [0.25, 0.3) is 0 Å². The third-order valence-electron chi connectivity index (χ3n) is 6.08. The van der Waals surface area contributed by atoms with Crippen molar-refractivity contribution in [1.29, 1.82) is 0 Å². The van der Waals surface area contributed by atoms with Crippen LogP contribution in [0.2, 0.25) is 0 Å². The largest absolute Gasteiger partial charge is 0.497 e. The molecule has 1 aliphatic rings. The van der Waals surface area contributed by atoms with E-state index in [1.807, 2.05) is 38.1 Å². The van der Waals surface area contributed by atoms with E-state index >= 15 is 0 Å². The number of anilines is 1. The van der Waals surface area contributed by atoms with Gasteiger partial charge in [0.05, 0.1) is 12.0 Å². The minimum Gasteiger partial charge on any atom is -0.497 e. The molecule has 9 nitrogen and oxygen atoms in total. The zero-order chi connectivity index (χ0) is 25.0. The van der Waals surface area contributed by atoms with Crippen LogP contribution in [-0.2, 0) is 21.2 Å². The average molecular weight is 499 g/mol. The fourth-order valence-electron chi connectivity index (χ4n) is 3.96. The summed E-state index contributed by atoms with van der Waals surface area (Å²) in [6.45, 7) is 4.60. The molecule has 0 spiro atoms. The molecule has 1 amide bonds. The van der Waals surface area contributed by atoms with Gasteiger partial charge >= 0.3 is 0 Å². The molecular weight excluding hydrogens is 468 g/mol. The van der Waals surface area contributed by atoms with Crippen molar-refractivity contribution < 1.29 is 22.5 Å². The van der Waals surface area contributed by atoms with Crippen LogP contribution in [0.1, 0.15) is 49.9 Å². The highest BCUT2D eigenvalue weighted by molar-refractivity contribution is 7.89. The summed E-state index contributed by atoms with van der Waals surface area (Å²) in [4.78, 5) is 17.4. The van der Waals surface area contributed by atoms with E-state index in [0.29, 0.717) is 55.5 Å². The SMILES string of the molecule is COc1ccc(S(=O)(=O)N2CCC(C(=O)Nc3ccc(Cc4noc(C(C)C)n4)cc3)CC2)cc1. The number of hydrogen-bond donors (Lipinski definition) is 1. The summed E-state index contributed by atoms with van der Waals surface area (Å²) >= 11 is 0. The second kappa shape index (κ2) is 10.6. The number of nitrogens with zero attached hydrogens (tertiary/aromatic N) is 3. The topological polar surface area (TPSA) is 115 Å². The van der Waals surface area contributed by atoms with Gasteiger partial charge in [-0.05, 0) is 54.8 Å². The average Bonchev–Trinajstić information content (AvgIpc) is 3.34. The maximum Gasteiger partial charge on any atom is 0.243 e. The van der Waals surface area contributed by atoms with Crippen molar-refractivity contribution in [3.8, 4) is 5.75 Å². The second-order valence-electron chi connectivity index (χ2n) is 8.92.